The van der Waals surface area contributed by atoms with Gasteiger partial charge in [0.05, 0.1) is 36.3 Å². The number of nitrogens with zero attached hydrogens (tertiary/aromatic N) is 1. The van der Waals surface area contributed by atoms with Crippen molar-refractivity contribution in [2.24, 2.45) is 29.4 Å². The Morgan fingerprint density at radius 1 is 0.855 bits per heavy atom. The molecule has 19 heteroatoms. The van der Waals surface area contributed by atoms with E-state index in [0.717, 1.165) is 0 Å². The van der Waals surface area contributed by atoms with E-state index in [1.165, 1.54) is 21.0 Å². The summed E-state index contributed by atoms with van der Waals surface area (Å²) in [6.07, 6.45) is -10.3. The minimum Gasteiger partial charge on any atom is -0.458 e. The van der Waals surface area contributed by atoms with Crippen LogP contribution in [0.4, 0.5) is 9.59 Å². The molecule has 0 bridgehead atoms. The molecule has 0 saturated carbocycles. The molecule has 4 aliphatic heterocycles. The van der Waals surface area contributed by atoms with E-state index in [1.807, 2.05) is 25.9 Å². The van der Waals surface area contributed by atoms with Gasteiger partial charge in [0.2, 0.25) is 0 Å². The monoisotopic (exact) mass is 885 g/mol. The molecule has 4 saturated heterocycles. The Hall–Kier alpha value is -3.62. The highest BCUT2D eigenvalue weighted by Gasteiger charge is 2.59. The number of ketones is 1. The Morgan fingerprint density at radius 2 is 1.48 bits per heavy atom. The maximum absolute atomic E-state index is 14.7. The lowest BCUT2D eigenvalue weighted by molar-refractivity contribution is -0.319. The third-order valence-electron chi connectivity index (χ3n) is 13.3. The predicted molar refractivity (Wildman–Crippen MR) is 219 cm³/mol. The minimum atomic E-state index is -1.78. The molecule has 0 aromatic carbocycles. The molecule has 0 aromatic rings. The van der Waals surface area contributed by atoms with Crippen LogP contribution in [-0.2, 0) is 66.5 Å². The number of primary amides is 1. The lowest BCUT2D eigenvalue weighted by atomic mass is 9.73. The zero-order chi connectivity index (χ0) is 46.8. The number of ether oxygens (including phenoxy) is 10. The number of nitrogens with two attached hydrogens (primary N) is 1. The SMILES string of the molecule is CC[C@H]1OC(=O)[C@H](C)[C@@H](O[C@H]2C[C@@](C)(OC)[C@@H](OC(C)=O)[C@H](C)O2)[C@H](C)[C@@H](O[C@@H]2O[C@H](C)C[C@H](N(C)C)[C@H]2OC(C)=O)[C@](C)(OC(N)=O)C[C@@H](C)C(=O)[C@H](C)[C@H]2NC(=O)O[C@@]21C. The van der Waals surface area contributed by atoms with Crippen molar-refractivity contribution in [3.05, 3.63) is 0 Å². The van der Waals surface area contributed by atoms with Crippen molar-refractivity contribution < 1.29 is 76.1 Å². The van der Waals surface area contributed by atoms with Crippen LogP contribution in [0.1, 0.15) is 109 Å². The molecule has 18 atom stereocenters. The van der Waals surface area contributed by atoms with E-state index in [1.54, 1.807) is 62.3 Å². The van der Waals surface area contributed by atoms with Crippen molar-refractivity contribution in [1.29, 1.82) is 0 Å². The van der Waals surface area contributed by atoms with E-state index in [-0.39, 0.29) is 31.1 Å². The summed E-state index contributed by atoms with van der Waals surface area (Å²) in [5.41, 5.74) is 1.46. The summed E-state index contributed by atoms with van der Waals surface area (Å²) in [7, 11) is 5.15. The molecular formula is C43H71N3O16. The van der Waals surface area contributed by atoms with E-state index in [9.17, 15) is 28.8 Å². The summed E-state index contributed by atoms with van der Waals surface area (Å²) in [4.78, 5) is 81.9. The fourth-order valence-electron chi connectivity index (χ4n) is 10.2. The Morgan fingerprint density at radius 3 is 2.03 bits per heavy atom. The van der Waals surface area contributed by atoms with Crippen LogP contribution in [0, 0.1) is 23.7 Å². The second-order valence-electron chi connectivity index (χ2n) is 18.5. The van der Waals surface area contributed by atoms with Gasteiger partial charge in [-0.05, 0) is 74.9 Å². The molecule has 354 valence electrons. The molecule has 0 aliphatic carbocycles. The average molecular weight is 886 g/mol. The molecule has 3 N–H and O–H groups in total. The van der Waals surface area contributed by atoms with Gasteiger partial charge in [0.1, 0.15) is 29.2 Å². The zero-order valence-corrected chi connectivity index (χ0v) is 39.0. The van der Waals surface area contributed by atoms with Gasteiger partial charge in [-0.15, -0.1) is 0 Å². The van der Waals surface area contributed by atoms with Crippen molar-refractivity contribution in [3.63, 3.8) is 0 Å². The second kappa shape index (κ2) is 20.0. The molecule has 19 nitrogen and oxygen atoms in total. The molecule has 0 spiro atoms. The van der Waals surface area contributed by atoms with Crippen molar-refractivity contribution in [3.8, 4) is 0 Å². The summed E-state index contributed by atoms with van der Waals surface area (Å²) in [6, 6.07) is -1.31. The normalized spacial score (nSPS) is 43.3. The van der Waals surface area contributed by atoms with Crippen molar-refractivity contribution in [2.45, 2.75) is 193 Å². The van der Waals surface area contributed by atoms with Gasteiger partial charge < -0.3 is 63.3 Å². The molecule has 4 rings (SSSR count). The largest absolute Gasteiger partial charge is 0.458 e. The number of Topliss-reactive ketones (excluding diaryl/α,β-unsaturated/α-hetero) is 1. The average Bonchev–Trinajstić information content (AvgIpc) is 3.48. The van der Waals surface area contributed by atoms with Crippen molar-refractivity contribution >= 4 is 35.9 Å². The summed E-state index contributed by atoms with van der Waals surface area (Å²) in [5.74, 6) is -6.07. The number of fused-ring (bicyclic) bond motifs is 1. The number of rotatable bonds is 10. The summed E-state index contributed by atoms with van der Waals surface area (Å²) < 4.78 is 62.2. The quantitative estimate of drug-likeness (QED) is 0.235. The highest BCUT2D eigenvalue weighted by Crippen LogP contribution is 2.43. The zero-order valence-electron chi connectivity index (χ0n) is 39.0. The maximum atomic E-state index is 14.7. The Kier molecular flexibility index (Phi) is 16.5. The van der Waals surface area contributed by atoms with Crippen LogP contribution in [0.15, 0.2) is 0 Å². The first kappa shape index (κ1) is 51.0. The number of hydrogen-bond acceptors (Lipinski definition) is 17. The molecule has 0 unspecified atom stereocenters. The number of carbonyl (C=O) groups is 6. The predicted octanol–water partition coefficient (Wildman–Crippen LogP) is 3.79. The van der Waals surface area contributed by atoms with Gasteiger partial charge in [-0.2, -0.15) is 0 Å². The molecule has 4 fully saturated rings. The maximum Gasteiger partial charge on any atom is 0.408 e. The van der Waals surface area contributed by atoms with E-state index in [0.29, 0.717) is 6.42 Å². The Bertz CT molecular complexity index is 1650. The van der Waals surface area contributed by atoms with Crippen molar-refractivity contribution in [2.75, 3.05) is 21.2 Å². The van der Waals surface area contributed by atoms with E-state index < -0.39 is 132 Å². The number of likely N-dealkylation sites (N-methyl/N-ethyl adjacent to an activating group) is 1. The lowest BCUT2D eigenvalue weighted by Gasteiger charge is -2.50. The number of methoxy groups -OCH3 is 1. The second-order valence-corrected chi connectivity index (χ2v) is 18.5. The van der Waals surface area contributed by atoms with Gasteiger partial charge in [-0.3, -0.25) is 19.2 Å². The smallest absolute Gasteiger partial charge is 0.408 e. The van der Waals surface area contributed by atoms with Crippen LogP contribution in [0.3, 0.4) is 0 Å². The van der Waals surface area contributed by atoms with E-state index in [2.05, 4.69) is 5.32 Å². The number of nitrogens with one attached hydrogen (secondary N) is 1. The van der Waals surface area contributed by atoms with E-state index in [4.69, 9.17) is 53.1 Å². The highest BCUT2D eigenvalue weighted by atomic mass is 16.7. The Labute approximate surface area is 365 Å². The third kappa shape index (κ3) is 11.0. The highest BCUT2D eigenvalue weighted by molar-refractivity contribution is 5.85. The number of esters is 3. The minimum absolute atomic E-state index is 0.0298. The number of cyclic esters (lactones) is 1. The fraction of sp³-hybridized carbons (Fsp3) is 0.860. The van der Waals surface area contributed by atoms with Gasteiger partial charge in [0.15, 0.2) is 30.4 Å². The fourth-order valence-corrected chi connectivity index (χ4v) is 10.2. The summed E-state index contributed by atoms with van der Waals surface area (Å²) >= 11 is 0. The third-order valence-corrected chi connectivity index (χ3v) is 13.3. The number of carbonyl (C=O) groups excluding carboxylic acids is 6. The van der Waals surface area contributed by atoms with Crippen molar-refractivity contribution in [1.82, 2.24) is 10.2 Å². The molecule has 62 heavy (non-hydrogen) atoms. The molecular weight excluding hydrogens is 814 g/mol. The number of amides is 2. The molecule has 0 aromatic heterocycles. The van der Waals surface area contributed by atoms with Gasteiger partial charge >= 0.3 is 30.1 Å². The first-order valence-electron chi connectivity index (χ1n) is 21.6. The topological polar surface area (TPSA) is 236 Å². The first-order chi connectivity index (χ1) is 28.7. The van der Waals surface area contributed by atoms with Crippen LogP contribution >= 0.6 is 0 Å². The van der Waals surface area contributed by atoms with Crippen LogP contribution < -0.4 is 11.1 Å². The van der Waals surface area contributed by atoms with E-state index >= 15 is 0 Å². The van der Waals surface area contributed by atoms with Crippen LogP contribution in [0.25, 0.3) is 0 Å². The first-order valence-corrected chi connectivity index (χ1v) is 21.6. The lowest BCUT2D eigenvalue weighted by Crippen LogP contribution is -2.62. The number of alkyl carbamates (subject to hydrolysis) is 1. The Balaban J connectivity index is 1.96. The van der Waals surface area contributed by atoms with Gasteiger partial charge in [-0.25, -0.2) is 9.59 Å². The van der Waals surface area contributed by atoms with Crippen LogP contribution in [-0.4, -0.2) is 146 Å². The number of hydrogen-bond donors (Lipinski definition) is 2. The molecule has 0 radical (unpaired) electrons. The standard InChI is InChI=1S/C43H71N3O16/c1-16-29-43(12)34(45-40(52)62-43)22(4)31(49)20(2)18-42(11,61-39(44)51)35(60-38-33(56-26(8)47)28(46(13)14)17-21(3)54-38)23(5)32(24(6)37(50)58-29)59-30-19-41(10,53-15)36(25(7)55-30)57-27(9)48/h20-25,28-30,32-36,38H,16-19H2,1-15H3,(H2,44,51)(H,45,52)/t20-,21-,22+,23+,24-,25+,28+,29-,30+,32+,33-,34-,35-,36+,38+,41-,42-,43-/m1/s1. The van der Waals surface area contributed by atoms with Crippen LogP contribution in [0.2, 0.25) is 0 Å². The summed E-state index contributed by atoms with van der Waals surface area (Å²) in [6.45, 7) is 19.5. The molecule has 4 aliphatic rings. The van der Waals surface area contributed by atoms with Gasteiger partial charge in [-0.1, -0.05) is 27.7 Å². The molecule has 4 heterocycles. The summed E-state index contributed by atoms with van der Waals surface area (Å²) in [5, 5.41) is 2.77. The van der Waals surface area contributed by atoms with Gasteiger partial charge in [0.25, 0.3) is 0 Å². The molecule has 2 amide bonds. The van der Waals surface area contributed by atoms with Crippen LogP contribution in [0.5, 0.6) is 0 Å². The van der Waals surface area contributed by atoms with Gasteiger partial charge in [0, 0.05) is 45.1 Å².